The lowest BCUT2D eigenvalue weighted by Crippen LogP contribution is -2.12. The molecule has 2 rings (SSSR count). The smallest absolute Gasteiger partial charge is 0.204 e. The zero-order valence-corrected chi connectivity index (χ0v) is 11.8. The molecule has 0 saturated carbocycles. The van der Waals surface area contributed by atoms with Gasteiger partial charge in [-0.3, -0.25) is 4.79 Å². The monoisotopic (exact) mass is 288 g/mol. The van der Waals surface area contributed by atoms with Crippen LogP contribution in [0.1, 0.15) is 10.4 Å². The molecule has 0 amide bonds. The van der Waals surface area contributed by atoms with E-state index in [1.54, 1.807) is 43.5 Å². The van der Waals surface area contributed by atoms with Crippen molar-refractivity contribution < 1.29 is 24.1 Å². The summed E-state index contributed by atoms with van der Waals surface area (Å²) in [6.07, 6.45) is 0. The number of aromatic hydroxyl groups is 1. The van der Waals surface area contributed by atoms with Crippen molar-refractivity contribution in [3.8, 4) is 23.0 Å². The highest BCUT2D eigenvalue weighted by Crippen LogP contribution is 2.30. The van der Waals surface area contributed by atoms with E-state index in [-0.39, 0.29) is 29.5 Å². The van der Waals surface area contributed by atoms with E-state index in [4.69, 9.17) is 14.2 Å². The Labute approximate surface area is 122 Å². The van der Waals surface area contributed by atoms with Crippen molar-refractivity contribution >= 4 is 5.78 Å². The Morgan fingerprint density at radius 3 is 2.48 bits per heavy atom. The van der Waals surface area contributed by atoms with E-state index in [2.05, 4.69) is 0 Å². The predicted molar refractivity (Wildman–Crippen MR) is 77.5 cm³/mol. The van der Waals surface area contributed by atoms with Crippen LogP contribution < -0.4 is 14.2 Å². The van der Waals surface area contributed by atoms with Gasteiger partial charge in [-0.2, -0.15) is 0 Å². The maximum Gasteiger partial charge on any atom is 0.204 e. The summed E-state index contributed by atoms with van der Waals surface area (Å²) in [6, 6.07) is 11.6. The summed E-state index contributed by atoms with van der Waals surface area (Å²) >= 11 is 0. The number of benzene rings is 2. The Hall–Kier alpha value is -2.69. The Kier molecular flexibility index (Phi) is 4.66. The topological polar surface area (TPSA) is 65.0 Å². The largest absolute Gasteiger partial charge is 0.504 e. The number of Topliss-reactive ketones (excluding diaryl/α,β-unsaturated/α-hetero) is 1. The number of hydrogen-bond acceptors (Lipinski definition) is 5. The molecule has 0 fully saturated rings. The van der Waals surface area contributed by atoms with Gasteiger partial charge in [0.25, 0.3) is 0 Å². The molecule has 0 bridgehead atoms. The first-order chi connectivity index (χ1) is 10.2. The van der Waals surface area contributed by atoms with Gasteiger partial charge in [-0.15, -0.1) is 0 Å². The van der Waals surface area contributed by atoms with E-state index < -0.39 is 0 Å². The average molecular weight is 288 g/mol. The van der Waals surface area contributed by atoms with Gasteiger partial charge in [0, 0.05) is 6.07 Å². The molecule has 0 aliphatic heterocycles. The molecule has 1 N–H and O–H groups in total. The molecular weight excluding hydrogens is 272 g/mol. The number of phenols is 1. The lowest BCUT2D eigenvalue weighted by atomic mass is 10.1. The molecule has 5 heteroatoms. The molecule has 0 aromatic heterocycles. The van der Waals surface area contributed by atoms with Crippen LogP contribution in [0.5, 0.6) is 23.0 Å². The van der Waals surface area contributed by atoms with Gasteiger partial charge in [0.1, 0.15) is 11.5 Å². The Morgan fingerprint density at radius 1 is 1.05 bits per heavy atom. The third-order valence-corrected chi connectivity index (χ3v) is 2.91. The second-order valence-electron chi connectivity index (χ2n) is 4.25. The number of para-hydroxylation sites is 1. The summed E-state index contributed by atoms with van der Waals surface area (Å²) in [6.45, 7) is -0.160. The Morgan fingerprint density at radius 2 is 1.76 bits per heavy atom. The van der Waals surface area contributed by atoms with Crippen molar-refractivity contribution in [1.82, 2.24) is 0 Å². The number of hydrogen-bond donors (Lipinski definition) is 1. The van der Waals surface area contributed by atoms with Crippen molar-refractivity contribution in [1.29, 1.82) is 0 Å². The number of ketones is 1. The minimum Gasteiger partial charge on any atom is -0.504 e. The summed E-state index contributed by atoms with van der Waals surface area (Å²) in [7, 11) is 2.95. The minimum absolute atomic E-state index is 0.0790. The van der Waals surface area contributed by atoms with Gasteiger partial charge in [0.2, 0.25) is 5.78 Å². The zero-order valence-electron chi connectivity index (χ0n) is 11.8. The van der Waals surface area contributed by atoms with Crippen molar-refractivity contribution in [2.24, 2.45) is 0 Å². The molecule has 0 spiro atoms. The molecular formula is C16H16O5. The number of phenolic OH excluding ortho intramolecular Hbond substituents is 1. The number of ether oxygens (including phenoxy) is 3. The van der Waals surface area contributed by atoms with Gasteiger partial charge >= 0.3 is 0 Å². The van der Waals surface area contributed by atoms with Crippen molar-refractivity contribution in [2.45, 2.75) is 0 Å². The van der Waals surface area contributed by atoms with Crippen LogP contribution in [0.25, 0.3) is 0 Å². The fourth-order valence-corrected chi connectivity index (χ4v) is 1.88. The summed E-state index contributed by atoms with van der Waals surface area (Å²) in [4.78, 5) is 12.2. The lowest BCUT2D eigenvalue weighted by Gasteiger charge is -2.10. The molecule has 21 heavy (non-hydrogen) atoms. The van der Waals surface area contributed by atoms with E-state index >= 15 is 0 Å². The van der Waals surface area contributed by atoms with Crippen LogP contribution in [0.15, 0.2) is 42.5 Å². The standard InChI is InChI=1S/C16H16O5/c1-19-11-5-3-6-12(9-11)21-10-15(18)13-7-4-8-14(17)16(13)20-2/h3-9,17H,10H2,1-2H3. The molecule has 2 aromatic rings. The fraction of sp³-hybridized carbons (Fsp3) is 0.188. The van der Waals surface area contributed by atoms with E-state index in [9.17, 15) is 9.90 Å². The lowest BCUT2D eigenvalue weighted by molar-refractivity contribution is 0.0917. The van der Waals surface area contributed by atoms with Gasteiger partial charge in [-0.25, -0.2) is 0 Å². The maximum atomic E-state index is 12.2. The van der Waals surface area contributed by atoms with Crippen LogP contribution in [0, 0.1) is 0 Å². The second-order valence-corrected chi connectivity index (χ2v) is 4.25. The molecule has 2 aromatic carbocycles. The highest BCUT2D eigenvalue weighted by Gasteiger charge is 2.16. The molecule has 110 valence electrons. The third-order valence-electron chi connectivity index (χ3n) is 2.91. The molecule has 0 heterocycles. The van der Waals surface area contributed by atoms with Crippen LogP contribution in [-0.4, -0.2) is 31.7 Å². The van der Waals surface area contributed by atoms with Crippen LogP contribution in [0.2, 0.25) is 0 Å². The normalized spacial score (nSPS) is 10.0. The zero-order chi connectivity index (χ0) is 15.2. The number of methoxy groups -OCH3 is 2. The van der Waals surface area contributed by atoms with Crippen LogP contribution in [0.4, 0.5) is 0 Å². The van der Waals surface area contributed by atoms with Crippen LogP contribution in [-0.2, 0) is 0 Å². The molecule has 0 unspecified atom stereocenters. The average Bonchev–Trinajstić information content (AvgIpc) is 2.52. The van der Waals surface area contributed by atoms with E-state index in [0.29, 0.717) is 11.5 Å². The first kappa shape index (κ1) is 14.7. The fourth-order valence-electron chi connectivity index (χ4n) is 1.88. The molecule has 0 saturated heterocycles. The molecule has 0 aliphatic rings. The van der Waals surface area contributed by atoms with Crippen LogP contribution in [0.3, 0.4) is 0 Å². The molecule has 0 atom stereocenters. The first-order valence-electron chi connectivity index (χ1n) is 6.31. The van der Waals surface area contributed by atoms with E-state index in [1.807, 2.05) is 0 Å². The number of carbonyl (C=O) groups is 1. The summed E-state index contributed by atoms with van der Waals surface area (Å²) < 4.78 is 15.6. The number of rotatable bonds is 6. The van der Waals surface area contributed by atoms with Gasteiger partial charge in [0.15, 0.2) is 18.1 Å². The molecule has 0 aliphatic carbocycles. The minimum atomic E-state index is -0.287. The van der Waals surface area contributed by atoms with E-state index in [1.165, 1.54) is 13.2 Å². The maximum absolute atomic E-state index is 12.2. The first-order valence-corrected chi connectivity index (χ1v) is 6.31. The van der Waals surface area contributed by atoms with Crippen molar-refractivity contribution in [3.05, 3.63) is 48.0 Å². The van der Waals surface area contributed by atoms with E-state index in [0.717, 1.165) is 0 Å². The highest BCUT2D eigenvalue weighted by molar-refractivity contribution is 6.00. The highest BCUT2D eigenvalue weighted by atomic mass is 16.5. The van der Waals surface area contributed by atoms with Crippen molar-refractivity contribution in [2.75, 3.05) is 20.8 Å². The summed E-state index contributed by atoms with van der Waals surface area (Å²) in [5, 5.41) is 9.66. The Bertz CT molecular complexity index is 636. The van der Waals surface area contributed by atoms with Crippen LogP contribution >= 0.6 is 0 Å². The van der Waals surface area contributed by atoms with Gasteiger partial charge in [0.05, 0.1) is 19.8 Å². The second kappa shape index (κ2) is 6.65. The molecule has 0 radical (unpaired) electrons. The van der Waals surface area contributed by atoms with Gasteiger partial charge < -0.3 is 19.3 Å². The third kappa shape index (κ3) is 3.45. The summed E-state index contributed by atoms with van der Waals surface area (Å²) in [5.74, 6) is 0.962. The quantitative estimate of drug-likeness (QED) is 0.828. The number of carbonyl (C=O) groups excluding carboxylic acids is 1. The van der Waals surface area contributed by atoms with Crippen molar-refractivity contribution in [3.63, 3.8) is 0 Å². The molecule has 5 nitrogen and oxygen atoms in total. The summed E-state index contributed by atoms with van der Waals surface area (Å²) in [5.41, 5.74) is 0.278. The SMILES string of the molecule is COc1cccc(OCC(=O)c2cccc(O)c2OC)c1. The Balaban J connectivity index is 2.10. The van der Waals surface area contributed by atoms with Gasteiger partial charge in [-0.1, -0.05) is 12.1 Å². The van der Waals surface area contributed by atoms with Gasteiger partial charge in [-0.05, 0) is 24.3 Å². The predicted octanol–water partition coefficient (Wildman–Crippen LogP) is 2.67.